The van der Waals surface area contributed by atoms with Crippen LogP contribution in [0.1, 0.15) is 48.3 Å². The number of pyridine rings is 2. The maximum atomic E-state index is 11.7. The smallest absolute Gasteiger partial charge is 0.339 e. The van der Waals surface area contributed by atoms with Crippen LogP contribution in [0.2, 0.25) is 0 Å². The van der Waals surface area contributed by atoms with E-state index in [4.69, 9.17) is 9.47 Å². The molecule has 0 radical (unpaired) electrons. The number of nitrogens with zero attached hydrogens (tertiary/aromatic N) is 2. The molecule has 0 fully saturated rings. The van der Waals surface area contributed by atoms with Gasteiger partial charge in [-0.1, -0.05) is 45.0 Å². The second-order valence-corrected chi connectivity index (χ2v) is 8.00. The number of methoxy groups -OCH3 is 2. The van der Waals surface area contributed by atoms with Gasteiger partial charge in [-0.15, -0.1) is 0 Å². The van der Waals surface area contributed by atoms with Crippen LogP contribution in [0.25, 0.3) is 11.1 Å². The van der Waals surface area contributed by atoms with Gasteiger partial charge in [-0.25, -0.2) is 4.79 Å². The second-order valence-electron chi connectivity index (χ2n) is 8.00. The zero-order valence-electron chi connectivity index (χ0n) is 17.5. The third-order valence-electron chi connectivity index (χ3n) is 4.90. The fourth-order valence-corrected chi connectivity index (χ4v) is 3.49. The van der Waals surface area contributed by atoms with Crippen LogP contribution in [0.15, 0.2) is 61.1 Å². The molecule has 1 unspecified atom stereocenters. The first-order chi connectivity index (χ1) is 13.8. The lowest BCUT2D eigenvalue weighted by molar-refractivity contribution is 0.0600. The van der Waals surface area contributed by atoms with Gasteiger partial charge in [-0.05, 0) is 34.7 Å². The third kappa shape index (κ3) is 4.62. The molecule has 2 aromatic heterocycles. The monoisotopic (exact) mass is 390 g/mol. The van der Waals surface area contributed by atoms with Crippen molar-refractivity contribution in [1.82, 2.24) is 9.97 Å². The van der Waals surface area contributed by atoms with Gasteiger partial charge in [0.05, 0.1) is 26.0 Å². The summed E-state index contributed by atoms with van der Waals surface area (Å²) in [5.41, 5.74) is 4.55. The number of carbonyl (C=O) groups excluding carboxylic acids is 1. The Bertz CT molecular complexity index is 974. The molecule has 0 aliphatic heterocycles. The van der Waals surface area contributed by atoms with Crippen LogP contribution in [0.4, 0.5) is 0 Å². The highest BCUT2D eigenvalue weighted by atomic mass is 16.5. The number of esters is 1. The van der Waals surface area contributed by atoms with E-state index in [2.05, 4.69) is 55.0 Å². The molecule has 2 heterocycles. The summed E-state index contributed by atoms with van der Waals surface area (Å²) in [6.07, 6.45) is 5.10. The largest absolute Gasteiger partial charge is 0.495 e. The van der Waals surface area contributed by atoms with Gasteiger partial charge in [-0.2, -0.15) is 0 Å². The summed E-state index contributed by atoms with van der Waals surface area (Å²) < 4.78 is 10.0. The number of rotatable bonds is 5. The molecule has 0 spiro atoms. The Hall–Kier alpha value is -3.21. The molecule has 1 atom stereocenters. The maximum Gasteiger partial charge on any atom is 0.339 e. The van der Waals surface area contributed by atoms with Crippen LogP contribution in [-0.4, -0.2) is 30.2 Å². The Morgan fingerprint density at radius 3 is 2.21 bits per heavy atom. The van der Waals surface area contributed by atoms with Gasteiger partial charge in [-0.3, -0.25) is 9.97 Å². The molecule has 0 aliphatic rings. The van der Waals surface area contributed by atoms with Crippen molar-refractivity contribution in [3.05, 3.63) is 77.9 Å². The lowest BCUT2D eigenvalue weighted by atomic mass is 9.74. The van der Waals surface area contributed by atoms with Crippen LogP contribution < -0.4 is 4.74 Å². The summed E-state index contributed by atoms with van der Waals surface area (Å²) in [6.45, 7) is 6.56. The molecule has 3 aromatic rings. The fraction of sp³-hybridized carbons (Fsp3) is 0.292. The minimum Gasteiger partial charge on any atom is -0.495 e. The number of hydrogen-bond acceptors (Lipinski definition) is 5. The maximum absolute atomic E-state index is 11.7. The van der Waals surface area contributed by atoms with Crippen LogP contribution in [0.5, 0.6) is 5.75 Å². The van der Waals surface area contributed by atoms with E-state index in [0.29, 0.717) is 5.56 Å². The Balaban J connectivity index is 1.94. The molecule has 0 saturated heterocycles. The predicted octanol–water partition coefficient (Wildman–Crippen LogP) is 5.12. The van der Waals surface area contributed by atoms with Crippen molar-refractivity contribution < 1.29 is 14.3 Å². The minimum atomic E-state index is -0.382. The molecule has 0 saturated carbocycles. The molecule has 5 nitrogen and oxygen atoms in total. The molecule has 0 bridgehead atoms. The summed E-state index contributed by atoms with van der Waals surface area (Å²) >= 11 is 0. The van der Waals surface area contributed by atoms with Crippen LogP contribution in [0, 0.1) is 5.41 Å². The van der Waals surface area contributed by atoms with E-state index in [0.717, 1.165) is 28.1 Å². The van der Waals surface area contributed by atoms with E-state index >= 15 is 0 Å². The molecule has 3 rings (SSSR count). The first-order valence-corrected chi connectivity index (χ1v) is 9.47. The first-order valence-electron chi connectivity index (χ1n) is 9.47. The van der Waals surface area contributed by atoms with Crippen molar-refractivity contribution in [3.63, 3.8) is 0 Å². The normalized spacial score (nSPS) is 12.3. The minimum absolute atomic E-state index is 0.0567. The quantitative estimate of drug-likeness (QED) is 0.566. The Morgan fingerprint density at radius 2 is 1.66 bits per heavy atom. The fourth-order valence-electron chi connectivity index (χ4n) is 3.49. The summed E-state index contributed by atoms with van der Waals surface area (Å²) in [5, 5.41) is 0. The van der Waals surface area contributed by atoms with E-state index < -0.39 is 0 Å². The standard InChI is InChI=1S/C24H26N2O3/c1-24(2,3)22(21-11-10-18(14-26-21)23(27)29-5)17-8-6-16(7-9-17)19-12-20(28-4)15-25-13-19/h6-15,22H,1-5H3. The molecule has 0 aliphatic carbocycles. The van der Waals surface area contributed by atoms with Crippen LogP contribution >= 0.6 is 0 Å². The van der Waals surface area contributed by atoms with Gasteiger partial charge < -0.3 is 9.47 Å². The van der Waals surface area contributed by atoms with Crippen molar-refractivity contribution in [1.29, 1.82) is 0 Å². The highest BCUT2D eigenvalue weighted by molar-refractivity contribution is 5.88. The molecular weight excluding hydrogens is 364 g/mol. The molecule has 5 heteroatoms. The van der Waals surface area contributed by atoms with Crippen LogP contribution in [0.3, 0.4) is 0 Å². The number of benzene rings is 1. The molecule has 0 amide bonds. The average molecular weight is 390 g/mol. The molecule has 150 valence electrons. The zero-order chi connectivity index (χ0) is 21.0. The van der Waals surface area contributed by atoms with Gasteiger partial charge in [0, 0.05) is 29.6 Å². The summed E-state index contributed by atoms with van der Waals surface area (Å²) in [6, 6.07) is 14.1. The van der Waals surface area contributed by atoms with E-state index in [-0.39, 0.29) is 17.3 Å². The van der Waals surface area contributed by atoms with Crippen molar-refractivity contribution in [2.75, 3.05) is 14.2 Å². The van der Waals surface area contributed by atoms with Gasteiger partial charge in [0.25, 0.3) is 0 Å². The van der Waals surface area contributed by atoms with Gasteiger partial charge in [0.15, 0.2) is 0 Å². The number of carbonyl (C=O) groups is 1. The van der Waals surface area contributed by atoms with Gasteiger partial charge >= 0.3 is 5.97 Å². The summed E-state index contributed by atoms with van der Waals surface area (Å²) in [7, 11) is 3.00. The number of ether oxygens (including phenoxy) is 2. The van der Waals surface area contributed by atoms with Gasteiger partial charge in [0.1, 0.15) is 5.75 Å². The zero-order valence-corrected chi connectivity index (χ0v) is 17.5. The molecule has 0 N–H and O–H groups in total. The van der Waals surface area contributed by atoms with Crippen LogP contribution in [-0.2, 0) is 4.74 Å². The third-order valence-corrected chi connectivity index (χ3v) is 4.90. The highest BCUT2D eigenvalue weighted by Gasteiger charge is 2.29. The van der Waals surface area contributed by atoms with E-state index in [1.807, 2.05) is 18.3 Å². The first kappa shape index (κ1) is 20.5. The second kappa shape index (κ2) is 8.43. The van der Waals surface area contributed by atoms with Crippen molar-refractivity contribution >= 4 is 5.97 Å². The lowest BCUT2D eigenvalue weighted by Crippen LogP contribution is -2.21. The molecule has 29 heavy (non-hydrogen) atoms. The number of hydrogen-bond donors (Lipinski definition) is 0. The Labute approximate surface area is 171 Å². The average Bonchev–Trinajstić information content (AvgIpc) is 2.73. The van der Waals surface area contributed by atoms with Crippen molar-refractivity contribution in [2.24, 2.45) is 5.41 Å². The highest BCUT2D eigenvalue weighted by Crippen LogP contribution is 2.40. The predicted molar refractivity (Wildman–Crippen MR) is 113 cm³/mol. The lowest BCUT2D eigenvalue weighted by Gasteiger charge is -2.31. The summed E-state index contributed by atoms with van der Waals surface area (Å²) in [4.78, 5) is 20.5. The van der Waals surface area contributed by atoms with Gasteiger partial charge in [0.2, 0.25) is 0 Å². The Kier molecular flexibility index (Phi) is 5.97. The Morgan fingerprint density at radius 1 is 0.931 bits per heavy atom. The van der Waals surface area contributed by atoms with E-state index in [1.165, 1.54) is 7.11 Å². The van der Waals surface area contributed by atoms with Crippen molar-refractivity contribution in [2.45, 2.75) is 26.7 Å². The van der Waals surface area contributed by atoms with Crippen molar-refractivity contribution in [3.8, 4) is 16.9 Å². The molecule has 1 aromatic carbocycles. The van der Waals surface area contributed by atoms with E-state index in [1.54, 1.807) is 25.6 Å². The number of aromatic nitrogens is 2. The summed E-state index contributed by atoms with van der Waals surface area (Å²) in [5.74, 6) is 0.424. The SMILES string of the molecule is COC(=O)c1ccc(C(c2ccc(-c3cncc(OC)c3)cc2)C(C)(C)C)nc1. The van der Waals surface area contributed by atoms with E-state index in [9.17, 15) is 4.79 Å². The molecular formula is C24H26N2O3. The topological polar surface area (TPSA) is 61.3 Å².